The molecule has 334 valence electrons. The van der Waals surface area contributed by atoms with Gasteiger partial charge < -0.3 is 65.7 Å². The fourth-order valence-electron chi connectivity index (χ4n) is 5.96. The predicted octanol–water partition coefficient (Wildman–Crippen LogP) is -3.82. The number of nitrogens with one attached hydrogen (secondary N) is 6. The van der Waals surface area contributed by atoms with Crippen molar-refractivity contribution in [2.45, 2.75) is 102 Å². The number of primary amides is 2. The largest absolute Gasteiger partial charge is 0.391 e. The van der Waals surface area contributed by atoms with E-state index in [0.717, 1.165) is 5.56 Å². The van der Waals surface area contributed by atoms with Crippen LogP contribution in [0.15, 0.2) is 65.7 Å². The third-order valence-electron chi connectivity index (χ3n) is 9.26. The summed E-state index contributed by atoms with van der Waals surface area (Å²) in [5, 5.41) is 25.8. The number of guanidine groups is 1. The van der Waals surface area contributed by atoms with Crippen molar-refractivity contribution < 1.29 is 43.5 Å². The molecule has 0 bridgehead atoms. The Morgan fingerprint density at radius 1 is 0.590 bits per heavy atom. The second-order valence-corrected chi connectivity index (χ2v) is 14.7. The molecule has 61 heavy (non-hydrogen) atoms. The molecule has 8 amide bonds. The van der Waals surface area contributed by atoms with Gasteiger partial charge in [0.2, 0.25) is 47.3 Å². The van der Waals surface area contributed by atoms with Gasteiger partial charge >= 0.3 is 0 Å². The normalized spacial score (nSPS) is 14.3. The van der Waals surface area contributed by atoms with Gasteiger partial charge in [-0.05, 0) is 43.2 Å². The van der Waals surface area contributed by atoms with Crippen LogP contribution in [0.2, 0.25) is 0 Å². The fraction of sp³-hybridized carbons (Fsp3) is 0.475. The molecule has 2 rings (SSSR count). The number of rotatable bonds is 26. The van der Waals surface area contributed by atoms with Gasteiger partial charge in [0.1, 0.15) is 36.3 Å². The monoisotopic (exact) mass is 852 g/mol. The number of hydrogen-bond donors (Lipinski definition) is 12. The van der Waals surface area contributed by atoms with E-state index in [-0.39, 0.29) is 51.0 Å². The highest BCUT2D eigenvalue weighted by Gasteiger charge is 2.35. The van der Waals surface area contributed by atoms with Crippen molar-refractivity contribution in [2.24, 2.45) is 39.6 Å². The summed E-state index contributed by atoms with van der Waals surface area (Å²) >= 11 is 0. The van der Waals surface area contributed by atoms with Gasteiger partial charge in [0.15, 0.2) is 5.96 Å². The first-order valence-corrected chi connectivity index (χ1v) is 19.7. The molecule has 21 nitrogen and oxygen atoms in total. The van der Waals surface area contributed by atoms with Crippen molar-refractivity contribution in [3.63, 3.8) is 0 Å². The molecular weight excluding hydrogens is 793 g/mol. The molecule has 21 heteroatoms. The molecule has 17 N–H and O–H groups in total. The van der Waals surface area contributed by atoms with Gasteiger partial charge in [0.25, 0.3) is 0 Å². The summed E-state index contributed by atoms with van der Waals surface area (Å²) in [6.07, 6.45) is -1.85. The third-order valence-corrected chi connectivity index (χ3v) is 9.26. The lowest BCUT2D eigenvalue weighted by Crippen LogP contribution is -2.62. The zero-order valence-corrected chi connectivity index (χ0v) is 34.6. The molecule has 0 aliphatic rings. The van der Waals surface area contributed by atoms with Crippen LogP contribution in [0.1, 0.15) is 57.6 Å². The molecule has 0 aliphatic carbocycles. The quantitative estimate of drug-likeness (QED) is 0.0246. The van der Waals surface area contributed by atoms with E-state index in [1.54, 1.807) is 74.5 Å². The van der Waals surface area contributed by atoms with Crippen LogP contribution >= 0.6 is 0 Å². The minimum atomic E-state index is -1.67. The minimum absolute atomic E-state index is 0.0162. The summed E-state index contributed by atoms with van der Waals surface area (Å²) in [7, 11) is 0. The van der Waals surface area contributed by atoms with Crippen LogP contribution in [0.4, 0.5) is 0 Å². The first kappa shape index (κ1) is 50.5. The van der Waals surface area contributed by atoms with Crippen LogP contribution < -0.4 is 60.6 Å². The molecule has 0 aliphatic heterocycles. The molecule has 0 radical (unpaired) electrons. The topological polar surface area (TPSA) is 371 Å². The van der Waals surface area contributed by atoms with Crippen LogP contribution in [0.3, 0.4) is 0 Å². The number of carbonyl (C=O) groups excluding carboxylic acids is 8. The first-order valence-electron chi connectivity index (χ1n) is 19.7. The summed E-state index contributed by atoms with van der Waals surface area (Å²) < 4.78 is 0. The lowest BCUT2D eigenvalue weighted by molar-refractivity contribution is -0.137. The molecule has 0 spiro atoms. The number of nitrogens with two attached hydrogens (primary N) is 5. The van der Waals surface area contributed by atoms with Gasteiger partial charge in [-0.25, -0.2) is 0 Å². The summed E-state index contributed by atoms with van der Waals surface area (Å²) in [5.41, 5.74) is 28.4. The summed E-state index contributed by atoms with van der Waals surface area (Å²) in [6, 6.07) is 9.32. The second kappa shape index (κ2) is 25.8. The minimum Gasteiger partial charge on any atom is -0.391 e. The standard InChI is InChI=1S/C40H60N12O9/c1-22(2)32(38(60)48-26(15-10-18-46-40(44)45)35(57)49-28(34(43)56)19-24-11-6-4-7-12-24)51-37(59)29(20-25-13-8-5-9-14-25)50-39(61)33(23(3)53)52-36(58)27(16-17-30(42)54)47-31(55)21-41/h4-9,11-14,22-23,26-29,32-33,53H,10,15-21,41H2,1-3H3,(H2,42,54)(H2,43,56)(H,47,55)(H,48,60)(H,49,57)(H,50,61)(H,51,59)(H,52,58)(H4,44,45,46)/t23-,26+,27+,28+,29+,32+,33+/m1/s1. The van der Waals surface area contributed by atoms with Crippen LogP contribution in [0.25, 0.3) is 0 Å². The maximum absolute atomic E-state index is 14.1. The van der Waals surface area contributed by atoms with Crippen LogP contribution in [-0.4, -0.2) is 114 Å². The van der Waals surface area contributed by atoms with E-state index in [4.69, 9.17) is 28.7 Å². The Kier molecular flexibility index (Phi) is 21.4. The molecule has 2 aromatic rings. The number of amides is 8. The zero-order chi connectivity index (χ0) is 45.6. The predicted molar refractivity (Wildman–Crippen MR) is 225 cm³/mol. The molecule has 0 fully saturated rings. The van der Waals surface area contributed by atoms with Gasteiger partial charge in [-0.3, -0.25) is 43.3 Å². The number of aliphatic hydroxyl groups is 1. The SMILES string of the molecule is CC(C)[C@H](NC(=O)[C@H](Cc1ccccc1)NC(=O)[C@@H](NC(=O)[C@H](CCC(N)=O)NC(=O)CN)[C@@H](C)O)C(=O)N[C@@H](CCCN=C(N)N)C(=O)N[C@@H](Cc1ccccc1)C(N)=O. The van der Waals surface area contributed by atoms with Gasteiger partial charge in [0.05, 0.1) is 12.6 Å². The van der Waals surface area contributed by atoms with Gasteiger partial charge in [-0.15, -0.1) is 0 Å². The number of benzene rings is 2. The van der Waals surface area contributed by atoms with Crippen molar-refractivity contribution in [3.8, 4) is 0 Å². The molecule has 0 saturated heterocycles. The lowest BCUT2D eigenvalue weighted by atomic mass is 9.99. The van der Waals surface area contributed by atoms with E-state index in [9.17, 15) is 43.5 Å². The smallest absolute Gasteiger partial charge is 0.245 e. The molecule has 0 aromatic heterocycles. The highest BCUT2D eigenvalue weighted by molar-refractivity contribution is 5.97. The first-order chi connectivity index (χ1) is 28.8. The number of aliphatic imine (C=N–C) groups is 1. The number of aliphatic hydroxyl groups excluding tert-OH is 1. The Labute approximate surface area is 354 Å². The zero-order valence-electron chi connectivity index (χ0n) is 34.6. The summed E-state index contributed by atoms with van der Waals surface area (Å²) in [5.74, 6) is -7.33. The van der Waals surface area contributed by atoms with Gasteiger partial charge in [-0.2, -0.15) is 0 Å². The molecule has 2 aromatic carbocycles. The van der Waals surface area contributed by atoms with E-state index < -0.39 is 102 Å². The maximum atomic E-state index is 14.1. The Bertz CT molecular complexity index is 1830. The molecule has 0 saturated carbocycles. The maximum Gasteiger partial charge on any atom is 0.245 e. The molecule has 7 atom stereocenters. The van der Waals surface area contributed by atoms with E-state index >= 15 is 0 Å². The Morgan fingerprint density at radius 2 is 1.05 bits per heavy atom. The number of hydrogen-bond acceptors (Lipinski definition) is 11. The summed E-state index contributed by atoms with van der Waals surface area (Å²) in [4.78, 5) is 109. The molecule has 0 unspecified atom stereocenters. The van der Waals surface area contributed by atoms with Crippen molar-refractivity contribution >= 4 is 53.2 Å². The second-order valence-electron chi connectivity index (χ2n) is 14.7. The molecular formula is C40H60N12O9. The van der Waals surface area contributed by atoms with Crippen LogP contribution in [0.5, 0.6) is 0 Å². The van der Waals surface area contributed by atoms with Crippen LogP contribution in [0, 0.1) is 5.92 Å². The van der Waals surface area contributed by atoms with Gasteiger partial charge in [-0.1, -0.05) is 74.5 Å². The Morgan fingerprint density at radius 3 is 1.54 bits per heavy atom. The van der Waals surface area contributed by atoms with E-state index in [2.05, 4.69) is 36.9 Å². The molecule has 0 heterocycles. The van der Waals surface area contributed by atoms with Gasteiger partial charge in [0, 0.05) is 25.8 Å². The van der Waals surface area contributed by atoms with E-state index in [1.165, 1.54) is 6.92 Å². The average Bonchev–Trinajstić information content (AvgIpc) is 3.20. The third kappa shape index (κ3) is 18.5. The lowest BCUT2D eigenvalue weighted by Gasteiger charge is -2.29. The average molecular weight is 853 g/mol. The highest BCUT2D eigenvalue weighted by Crippen LogP contribution is 2.11. The highest BCUT2D eigenvalue weighted by atomic mass is 16.3. The van der Waals surface area contributed by atoms with Crippen molar-refractivity contribution in [1.82, 2.24) is 31.9 Å². The van der Waals surface area contributed by atoms with Crippen LogP contribution in [-0.2, 0) is 51.2 Å². The Hall–Kier alpha value is -6.61. The van der Waals surface area contributed by atoms with E-state index in [0.29, 0.717) is 5.56 Å². The van der Waals surface area contributed by atoms with Crippen molar-refractivity contribution in [1.29, 1.82) is 0 Å². The van der Waals surface area contributed by atoms with Crippen molar-refractivity contribution in [3.05, 3.63) is 71.8 Å². The summed E-state index contributed by atoms with van der Waals surface area (Å²) in [6.45, 7) is 4.13. The fourth-order valence-corrected chi connectivity index (χ4v) is 5.96. The van der Waals surface area contributed by atoms with E-state index in [1.807, 2.05) is 0 Å². The number of carbonyl (C=O) groups is 8. The van der Waals surface area contributed by atoms with Crippen molar-refractivity contribution in [2.75, 3.05) is 13.1 Å². The Balaban J connectivity index is 2.38. The number of nitrogens with zero attached hydrogens (tertiary/aromatic N) is 1.